The average Bonchev–Trinajstić information content (AvgIpc) is 2.73. The molecule has 0 radical (unpaired) electrons. The molecule has 1 aromatic carbocycles. The fraction of sp³-hybridized carbons (Fsp3) is 0.476. The van der Waals surface area contributed by atoms with Gasteiger partial charge in [-0.25, -0.2) is 0 Å². The van der Waals surface area contributed by atoms with E-state index in [2.05, 4.69) is 77.6 Å². The fourth-order valence-corrected chi connectivity index (χ4v) is 5.14. The van der Waals surface area contributed by atoms with Gasteiger partial charge in [0.2, 0.25) is 0 Å². The molecule has 0 aromatic heterocycles. The van der Waals surface area contributed by atoms with Crippen LogP contribution in [0, 0.1) is 5.41 Å². The molecular weight excluding hydrogens is 486 g/mol. The molecule has 0 spiro atoms. The smallest absolute Gasteiger partial charge is 0.252 e. The number of halogens is 2. The number of carbonyl (C=O) groups is 1. The Kier molecular flexibility index (Phi) is 6.37. The maximum atomic E-state index is 13.1. The van der Waals surface area contributed by atoms with Gasteiger partial charge in [0.05, 0.1) is 11.8 Å². The number of amides is 1. The van der Waals surface area contributed by atoms with Crippen LogP contribution in [0.5, 0.6) is 0 Å². The van der Waals surface area contributed by atoms with Crippen LogP contribution >= 0.6 is 31.9 Å². The number of para-hydroxylation sites is 1. The minimum Gasteiger partial charge on any atom is -0.407 e. The number of anilines is 1. The van der Waals surface area contributed by atoms with Crippen LogP contribution in [0.3, 0.4) is 0 Å². The summed E-state index contributed by atoms with van der Waals surface area (Å²) < 4.78 is 8.21. The Labute approximate surface area is 181 Å². The van der Waals surface area contributed by atoms with Crippen LogP contribution < -0.4 is 5.32 Å². The molecule has 1 aliphatic rings. The van der Waals surface area contributed by atoms with E-state index in [-0.39, 0.29) is 17.0 Å². The van der Waals surface area contributed by atoms with Gasteiger partial charge in [-0.15, -0.1) is 0 Å². The lowest BCUT2D eigenvalue weighted by atomic mass is 9.81. The lowest BCUT2D eigenvalue weighted by molar-refractivity contribution is -0.113. The van der Waals surface area contributed by atoms with Gasteiger partial charge in [-0.2, -0.15) is 0 Å². The molecule has 1 atom stereocenters. The molecule has 148 valence electrons. The molecule has 1 unspecified atom stereocenters. The summed E-state index contributed by atoms with van der Waals surface area (Å²) in [4.78, 5) is 13.1. The van der Waals surface area contributed by atoms with Crippen molar-refractivity contribution in [3.8, 4) is 0 Å². The van der Waals surface area contributed by atoms with E-state index in [4.69, 9.17) is 4.43 Å². The van der Waals surface area contributed by atoms with Crippen LogP contribution in [0.25, 0.3) is 0 Å². The summed E-state index contributed by atoms with van der Waals surface area (Å²) in [5.41, 5.74) is 1.89. The van der Waals surface area contributed by atoms with E-state index in [1.54, 1.807) is 0 Å². The zero-order valence-corrected chi connectivity index (χ0v) is 21.3. The van der Waals surface area contributed by atoms with Gasteiger partial charge in [-0.05, 0) is 73.8 Å². The van der Waals surface area contributed by atoms with Crippen LogP contribution in [0.2, 0.25) is 18.1 Å². The maximum absolute atomic E-state index is 13.1. The van der Waals surface area contributed by atoms with Crippen LogP contribution in [-0.2, 0) is 9.22 Å². The summed E-state index contributed by atoms with van der Waals surface area (Å²) in [7, 11) is -1.98. The molecule has 27 heavy (non-hydrogen) atoms. The third kappa shape index (κ3) is 4.49. The van der Waals surface area contributed by atoms with E-state index in [1.165, 1.54) is 0 Å². The first-order valence-electron chi connectivity index (χ1n) is 9.03. The van der Waals surface area contributed by atoms with Crippen molar-refractivity contribution in [2.45, 2.75) is 58.9 Å². The van der Waals surface area contributed by atoms with Crippen molar-refractivity contribution in [3.63, 3.8) is 0 Å². The number of benzene rings is 1. The standard InChI is InChI=1S/C21H29Br2NO2Si/c1-13-17(26-27(7,8)20(2,3)4)12-14(21(13,5)6)19(25)24-18-15(22)10-9-11-16(18)23/h9-12,17H,1H2,2-8H3,(H,24,25). The van der Waals surface area contributed by atoms with E-state index in [1.807, 2.05) is 38.1 Å². The van der Waals surface area contributed by atoms with Crippen molar-refractivity contribution in [2.24, 2.45) is 5.41 Å². The Bertz CT molecular complexity index is 787. The van der Waals surface area contributed by atoms with Gasteiger partial charge >= 0.3 is 0 Å². The van der Waals surface area contributed by atoms with Crippen LogP contribution in [-0.4, -0.2) is 20.3 Å². The second-order valence-electron chi connectivity index (χ2n) is 9.08. The van der Waals surface area contributed by atoms with Crippen molar-refractivity contribution in [3.05, 3.63) is 50.9 Å². The summed E-state index contributed by atoms with van der Waals surface area (Å²) in [6.45, 7) is 19.4. The average molecular weight is 515 g/mol. The molecule has 6 heteroatoms. The molecule has 0 fully saturated rings. The van der Waals surface area contributed by atoms with Gasteiger partial charge in [0.25, 0.3) is 5.91 Å². The lowest BCUT2D eigenvalue weighted by Crippen LogP contribution is -2.43. The van der Waals surface area contributed by atoms with E-state index < -0.39 is 13.7 Å². The Balaban J connectivity index is 2.32. The van der Waals surface area contributed by atoms with Crippen molar-refractivity contribution in [1.29, 1.82) is 0 Å². The highest BCUT2D eigenvalue weighted by Crippen LogP contribution is 2.47. The fourth-order valence-electron chi connectivity index (χ4n) is 2.75. The third-order valence-corrected chi connectivity index (χ3v) is 11.6. The van der Waals surface area contributed by atoms with Gasteiger partial charge in [-0.1, -0.05) is 47.3 Å². The van der Waals surface area contributed by atoms with E-state index in [0.717, 1.165) is 20.2 Å². The first kappa shape index (κ1) is 22.6. The van der Waals surface area contributed by atoms with E-state index in [0.29, 0.717) is 5.57 Å². The number of hydrogen-bond donors (Lipinski definition) is 1. The highest BCUT2D eigenvalue weighted by atomic mass is 79.9. The second-order valence-corrected chi connectivity index (χ2v) is 15.5. The zero-order chi connectivity index (χ0) is 20.8. The first-order chi connectivity index (χ1) is 12.2. The van der Waals surface area contributed by atoms with Crippen LogP contribution in [0.1, 0.15) is 34.6 Å². The number of carbonyl (C=O) groups excluding carboxylic acids is 1. The van der Waals surface area contributed by atoms with Crippen molar-refractivity contribution >= 4 is 51.8 Å². The SMILES string of the molecule is C=C1C(O[Si](C)(C)C(C)(C)C)C=C(C(=O)Nc2c(Br)cccc2Br)C1(C)C. The minimum absolute atomic E-state index is 0.0933. The summed E-state index contributed by atoms with van der Waals surface area (Å²) in [6, 6.07) is 5.71. The molecule has 0 saturated heterocycles. The molecule has 2 rings (SSSR count). The van der Waals surface area contributed by atoms with Crippen LogP contribution in [0.4, 0.5) is 5.69 Å². The monoisotopic (exact) mass is 513 g/mol. The highest BCUT2D eigenvalue weighted by Gasteiger charge is 2.46. The summed E-state index contributed by atoms with van der Waals surface area (Å²) >= 11 is 6.99. The molecule has 1 aromatic rings. The maximum Gasteiger partial charge on any atom is 0.252 e. The summed E-state index contributed by atoms with van der Waals surface area (Å²) in [5, 5.41) is 3.12. The topological polar surface area (TPSA) is 38.3 Å². The minimum atomic E-state index is -1.98. The summed E-state index contributed by atoms with van der Waals surface area (Å²) in [6.07, 6.45) is 1.72. The Morgan fingerprint density at radius 3 is 2.22 bits per heavy atom. The van der Waals surface area contributed by atoms with Gasteiger partial charge in [0.15, 0.2) is 8.32 Å². The number of hydrogen-bond acceptors (Lipinski definition) is 2. The van der Waals surface area contributed by atoms with E-state index >= 15 is 0 Å². The number of nitrogens with one attached hydrogen (secondary N) is 1. The third-order valence-electron chi connectivity index (χ3n) is 5.81. The van der Waals surface area contributed by atoms with Gasteiger partial charge < -0.3 is 9.74 Å². The lowest BCUT2D eigenvalue weighted by Gasteiger charge is -2.39. The Morgan fingerprint density at radius 1 is 1.22 bits per heavy atom. The number of rotatable bonds is 4. The van der Waals surface area contributed by atoms with Gasteiger partial charge in [0.1, 0.15) is 0 Å². The van der Waals surface area contributed by atoms with Gasteiger partial charge in [0, 0.05) is 19.9 Å². The highest BCUT2D eigenvalue weighted by molar-refractivity contribution is 9.11. The largest absolute Gasteiger partial charge is 0.407 e. The molecule has 1 aliphatic carbocycles. The second kappa shape index (κ2) is 7.62. The quantitative estimate of drug-likeness (QED) is 0.344. The summed E-state index contributed by atoms with van der Waals surface area (Å²) in [5.74, 6) is -0.130. The molecule has 0 bridgehead atoms. The predicted molar refractivity (Wildman–Crippen MR) is 124 cm³/mol. The van der Waals surface area contributed by atoms with E-state index in [9.17, 15) is 4.79 Å². The predicted octanol–water partition coefficient (Wildman–Crippen LogP) is 7.06. The molecule has 0 heterocycles. The molecule has 0 aliphatic heterocycles. The first-order valence-corrected chi connectivity index (χ1v) is 13.5. The van der Waals surface area contributed by atoms with Crippen molar-refractivity contribution in [1.82, 2.24) is 0 Å². The molecule has 0 saturated carbocycles. The molecule has 1 N–H and O–H groups in total. The molecular formula is C21H29Br2NO2Si. The van der Waals surface area contributed by atoms with Crippen molar-refractivity contribution in [2.75, 3.05) is 5.32 Å². The molecule has 3 nitrogen and oxygen atoms in total. The normalized spacial score (nSPS) is 19.8. The van der Waals surface area contributed by atoms with Gasteiger partial charge in [-0.3, -0.25) is 4.79 Å². The Morgan fingerprint density at radius 2 is 1.74 bits per heavy atom. The Hall–Kier alpha value is -0.693. The van der Waals surface area contributed by atoms with Crippen molar-refractivity contribution < 1.29 is 9.22 Å². The van der Waals surface area contributed by atoms with Crippen LogP contribution in [0.15, 0.2) is 50.9 Å². The zero-order valence-electron chi connectivity index (χ0n) is 17.2. The molecule has 1 amide bonds.